The second-order valence-electron chi connectivity index (χ2n) is 6.35. The molecule has 1 aliphatic heterocycles. The summed E-state index contributed by atoms with van der Waals surface area (Å²) in [7, 11) is 0. The summed E-state index contributed by atoms with van der Waals surface area (Å²) in [6.07, 6.45) is 1.67. The van der Waals surface area contributed by atoms with Gasteiger partial charge in [0.1, 0.15) is 0 Å². The molecule has 0 N–H and O–H groups in total. The minimum atomic E-state index is -0.0770. The molecule has 0 unspecified atom stereocenters. The predicted octanol–water partition coefficient (Wildman–Crippen LogP) is 4.52. The van der Waals surface area contributed by atoms with Crippen LogP contribution in [0.15, 0.2) is 29.4 Å². The minimum absolute atomic E-state index is 0.0770. The average Bonchev–Trinajstić information content (AvgIpc) is 2.85. The van der Waals surface area contributed by atoms with E-state index in [1.54, 1.807) is 0 Å². The lowest BCUT2D eigenvalue weighted by molar-refractivity contribution is 0.0439. The Morgan fingerprint density at radius 2 is 1.65 bits per heavy atom. The van der Waals surface area contributed by atoms with E-state index in [0.717, 1.165) is 12.8 Å². The SMILES string of the molecule is CC(C)N1c2ccccc2N(C(C)C)C1OCCCCN=[N+]=[N-]. The van der Waals surface area contributed by atoms with Crippen LogP contribution in [-0.2, 0) is 4.74 Å². The Labute approximate surface area is 138 Å². The number of azide groups is 1. The molecule has 0 spiro atoms. The largest absolute Gasteiger partial charge is 0.340 e. The third kappa shape index (κ3) is 3.89. The summed E-state index contributed by atoms with van der Waals surface area (Å²) < 4.78 is 6.23. The summed E-state index contributed by atoms with van der Waals surface area (Å²) in [5, 5.41) is 3.56. The molecule has 1 aliphatic rings. The van der Waals surface area contributed by atoms with Gasteiger partial charge in [-0.05, 0) is 58.2 Å². The third-order valence-electron chi connectivity index (χ3n) is 4.01. The summed E-state index contributed by atoms with van der Waals surface area (Å²) in [6, 6.07) is 9.19. The Bertz CT molecular complexity index is 519. The maximum Gasteiger partial charge on any atom is 0.211 e. The van der Waals surface area contributed by atoms with Gasteiger partial charge in [0, 0.05) is 23.5 Å². The maximum absolute atomic E-state index is 8.30. The Morgan fingerprint density at radius 3 is 2.13 bits per heavy atom. The highest BCUT2D eigenvalue weighted by Gasteiger charge is 2.38. The van der Waals surface area contributed by atoms with E-state index in [0.29, 0.717) is 25.2 Å². The van der Waals surface area contributed by atoms with Gasteiger partial charge >= 0.3 is 0 Å². The van der Waals surface area contributed by atoms with Gasteiger partial charge in [0.05, 0.1) is 18.0 Å². The summed E-state index contributed by atoms with van der Waals surface area (Å²) >= 11 is 0. The van der Waals surface area contributed by atoms with Gasteiger partial charge in [-0.1, -0.05) is 17.2 Å². The van der Waals surface area contributed by atoms with Gasteiger partial charge in [0.15, 0.2) is 0 Å². The zero-order valence-electron chi connectivity index (χ0n) is 14.5. The van der Waals surface area contributed by atoms with E-state index >= 15 is 0 Å². The first-order chi connectivity index (χ1) is 11.1. The van der Waals surface area contributed by atoms with Crippen molar-refractivity contribution in [1.29, 1.82) is 0 Å². The van der Waals surface area contributed by atoms with Crippen molar-refractivity contribution in [2.75, 3.05) is 23.0 Å². The van der Waals surface area contributed by atoms with Gasteiger partial charge in [-0.25, -0.2) is 0 Å². The molecular weight excluding hydrogens is 290 g/mol. The van der Waals surface area contributed by atoms with Gasteiger partial charge in [0.25, 0.3) is 0 Å². The number of unbranched alkanes of at least 4 members (excludes halogenated alkanes) is 1. The number of para-hydroxylation sites is 2. The smallest absolute Gasteiger partial charge is 0.211 e. The normalized spacial score (nSPS) is 14.5. The van der Waals surface area contributed by atoms with Gasteiger partial charge in [-0.15, -0.1) is 0 Å². The molecule has 0 saturated carbocycles. The van der Waals surface area contributed by atoms with Crippen LogP contribution in [-0.4, -0.2) is 31.6 Å². The number of hydrogen-bond acceptors (Lipinski definition) is 4. The van der Waals surface area contributed by atoms with Crippen LogP contribution in [0.25, 0.3) is 10.4 Å². The van der Waals surface area contributed by atoms with Crippen molar-refractivity contribution in [2.24, 2.45) is 5.11 Å². The molecule has 0 aliphatic carbocycles. The van der Waals surface area contributed by atoms with Gasteiger partial charge in [-0.3, -0.25) is 0 Å². The predicted molar refractivity (Wildman–Crippen MR) is 94.7 cm³/mol. The molecule has 6 heteroatoms. The van der Waals surface area contributed by atoms with Gasteiger partial charge in [-0.2, -0.15) is 0 Å². The number of ether oxygens (including phenoxy) is 1. The standard InChI is InChI=1S/C17H27N5O/c1-13(2)21-15-9-5-6-10-16(15)22(14(3)4)17(21)23-12-8-7-11-19-20-18/h5-6,9-10,13-14,17H,7-8,11-12H2,1-4H3. The lowest BCUT2D eigenvalue weighted by atomic mass is 10.2. The number of nitrogens with zero attached hydrogens (tertiary/aromatic N) is 5. The van der Waals surface area contributed by atoms with Crippen LogP contribution in [0.1, 0.15) is 40.5 Å². The fraction of sp³-hybridized carbons (Fsp3) is 0.647. The van der Waals surface area contributed by atoms with E-state index in [1.807, 2.05) is 0 Å². The molecule has 0 saturated heterocycles. The van der Waals surface area contributed by atoms with Crippen LogP contribution in [0.4, 0.5) is 11.4 Å². The molecule has 1 aromatic rings. The molecule has 0 atom stereocenters. The van der Waals surface area contributed by atoms with E-state index in [2.05, 4.69) is 71.8 Å². The first kappa shape index (κ1) is 17.4. The monoisotopic (exact) mass is 317 g/mol. The number of anilines is 2. The second-order valence-corrected chi connectivity index (χ2v) is 6.35. The van der Waals surface area contributed by atoms with E-state index in [4.69, 9.17) is 10.3 Å². The fourth-order valence-electron chi connectivity index (χ4n) is 3.02. The Hall–Kier alpha value is -1.91. The highest BCUT2D eigenvalue weighted by atomic mass is 16.5. The van der Waals surface area contributed by atoms with Crippen molar-refractivity contribution < 1.29 is 4.74 Å². The van der Waals surface area contributed by atoms with Crippen LogP contribution >= 0.6 is 0 Å². The average molecular weight is 317 g/mol. The van der Waals surface area contributed by atoms with Crippen LogP contribution in [0.5, 0.6) is 0 Å². The van der Waals surface area contributed by atoms with Crippen molar-refractivity contribution in [3.05, 3.63) is 34.7 Å². The molecule has 1 heterocycles. The Kier molecular flexibility index (Phi) is 6.13. The summed E-state index contributed by atoms with van der Waals surface area (Å²) in [6.45, 7) is 9.97. The second kappa shape index (κ2) is 8.09. The van der Waals surface area contributed by atoms with Gasteiger partial charge in [0.2, 0.25) is 6.35 Å². The van der Waals surface area contributed by atoms with Crippen LogP contribution in [0.2, 0.25) is 0 Å². The molecule has 1 aromatic carbocycles. The Balaban J connectivity index is 2.10. The summed E-state index contributed by atoms with van der Waals surface area (Å²) in [5.74, 6) is 0. The number of hydrogen-bond donors (Lipinski definition) is 0. The van der Waals surface area contributed by atoms with Crippen molar-refractivity contribution in [2.45, 2.75) is 59.0 Å². The molecule has 0 bridgehead atoms. The number of fused-ring (bicyclic) bond motifs is 1. The molecular formula is C17H27N5O. The van der Waals surface area contributed by atoms with Crippen LogP contribution in [0, 0.1) is 0 Å². The zero-order valence-corrected chi connectivity index (χ0v) is 14.5. The van der Waals surface area contributed by atoms with E-state index in [-0.39, 0.29) is 6.35 Å². The fourth-order valence-corrected chi connectivity index (χ4v) is 3.02. The highest BCUT2D eigenvalue weighted by Crippen LogP contribution is 2.42. The third-order valence-corrected chi connectivity index (χ3v) is 4.01. The lowest BCUT2D eigenvalue weighted by Crippen LogP contribution is -2.50. The van der Waals surface area contributed by atoms with Crippen molar-refractivity contribution >= 4 is 11.4 Å². The molecule has 0 aromatic heterocycles. The van der Waals surface area contributed by atoms with Crippen LogP contribution in [0.3, 0.4) is 0 Å². The number of rotatable bonds is 8. The highest BCUT2D eigenvalue weighted by molar-refractivity contribution is 5.77. The maximum atomic E-state index is 8.30. The quantitative estimate of drug-likeness (QED) is 0.306. The van der Waals surface area contributed by atoms with Crippen molar-refractivity contribution in [1.82, 2.24) is 0 Å². The topological polar surface area (TPSA) is 64.5 Å². The van der Waals surface area contributed by atoms with E-state index < -0.39 is 0 Å². The van der Waals surface area contributed by atoms with Crippen molar-refractivity contribution in [3.8, 4) is 0 Å². The first-order valence-corrected chi connectivity index (χ1v) is 8.36. The zero-order chi connectivity index (χ0) is 16.8. The molecule has 0 fully saturated rings. The molecule has 2 rings (SSSR count). The molecule has 0 amide bonds. The summed E-state index contributed by atoms with van der Waals surface area (Å²) in [4.78, 5) is 7.45. The minimum Gasteiger partial charge on any atom is -0.340 e. The first-order valence-electron chi connectivity index (χ1n) is 8.36. The lowest BCUT2D eigenvalue weighted by Gasteiger charge is -2.37. The molecule has 6 nitrogen and oxygen atoms in total. The van der Waals surface area contributed by atoms with Crippen LogP contribution < -0.4 is 9.80 Å². The van der Waals surface area contributed by atoms with E-state index in [9.17, 15) is 0 Å². The molecule has 23 heavy (non-hydrogen) atoms. The van der Waals surface area contributed by atoms with Gasteiger partial charge < -0.3 is 14.5 Å². The molecule has 126 valence electrons. The Morgan fingerprint density at radius 1 is 1.09 bits per heavy atom. The van der Waals surface area contributed by atoms with Crippen molar-refractivity contribution in [3.63, 3.8) is 0 Å². The summed E-state index contributed by atoms with van der Waals surface area (Å²) in [5.41, 5.74) is 10.8. The number of benzene rings is 1. The molecule has 0 radical (unpaired) electrons. The van der Waals surface area contributed by atoms with E-state index in [1.165, 1.54) is 11.4 Å².